The third-order valence-electron chi connectivity index (χ3n) is 2.54. The Bertz CT molecular complexity index is 463. The van der Waals surface area contributed by atoms with Crippen LogP contribution in [0.1, 0.15) is 26.3 Å². The maximum Gasteiger partial charge on any atom is 0.335 e. The first kappa shape index (κ1) is 9.25. The molecule has 2 nitrogen and oxygen atoms in total. The molecule has 0 aliphatic rings. The molecule has 0 amide bonds. The van der Waals surface area contributed by atoms with E-state index in [1.54, 1.807) is 6.39 Å². The highest BCUT2D eigenvalue weighted by Gasteiger charge is 2.17. The lowest BCUT2D eigenvalue weighted by Gasteiger charge is -2.17. The SMILES string of the molecule is C[n+]1coc2ccc(C(C)(C)C)cc21. The Morgan fingerprint density at radius 2 is 1.93 bits per heavy atom. The van der Waals surface area contributed by atoms with Gasteiger partial charge in [0.25, 0.3) is 5.52 Å². The topological polar surface area (TPSA) is 17.0 Å². The third kappa shape index (κ3) is 1.41. The van der Waals surface area contributed by atoms with Crippen LogP contribution in [0.15, 0.2) is 29.0 Å². The number of benzene rings is 1. The van der Waals surface area contributed by atoms with Crippen LogP contribution in [0.5, 0.6) is 0 Å². The summed E-state index contributed by atoms with van der Waals surface area (Å²) in [4.78, 5) is 0. The number of hydrogen-bond donors (Lipinski definition) is 0. The molecule has 0 aliphatic heterocycles. The van der Waals surface area contributed by atoms with Gasteiger partial charge in [-0.1, -0.05) is 26.8 Å². The van der Waals surface area contributed by atoms with Gasteiger partial charge in [0.1, 0.15) is 7.05 Å². The molecule has 0 saturated heterocycles. The summed E-state index contributed by atoms with van der Waals surface area (Å²) in [5.41, 5.74) is 3.62. The van der Waals surface area contributed by atoms with Crippen LogP contribution in [0, 0.1) is 0 Å². The first-order valence-electron chi connectivity index (χ1n) is 4.86. The lowest BCUT2D eigenvalue weighted by molar-refractivity contribution is -0.650. The number of oxazole rings is 1. The molecule has 0 saturated carbocycles. The van der Waals surface area contributed by atoms with Crippen molar-refractivity contribution in [3.8, 4) is 0 Å². The summed E-state index contributed by atoms with van der Waals surface area (Å²) in [7, 11) is 2.00. The van der Waals surface area contributed by atoms with Crippen LogP contribution in [-0.4, -0.2) is 0 Å². The van der Waals surface area contributed by atoms with E-state index in [-0.39, 0.29) is 5.41 Å². The molecule has 0 spiro atoms. The smallest absolute Gasteiger partial charge is 0.335 e. The zero-order valence-electron chi connectivity index (χ0n) is 9.16. The van der Waals surface area contributed by atoms with Crippen molar-refractivity contribution < 1.29 is 8.98 Å². The maximum atomic E-state index is 5.38. The Kier molecular flexibility index (Phi) is 1.88. The minimum atomic E-state index is 0.193. The molecule has 1 heterocycles. The molecular weight excluding hydrogens is 174 g/mol. The van der Waals surface area contributed by atoms with Gasteiger partial charge in [0.15, 0.2) is 0 Å². The first-order chi connectivity index (χ1) is 6.48. The van der Waals surface area contributed by atoms with Crippen molar-refractivity contribution in [1.29, 1.82) is 0 Å². The monoisotopic (exact) mass is 190 g/mol. The van der Waals surface area contributed by atoms with Gasteiger partial charge < -0.3 is 4.42 Å². The van der Waals surface area contributed by atoms with Gasteiger partial charge in [0.2, 0.25) is 5.58 Å². The van der Waals surface area contributed by atoms with Crippen LogP contribution in [0.25, 0.3) is 11.1 Å². The van der Waals surface area contributed by atoms with Crippen LogP contribution in [0.2, 0.25) is 0 Å². The summed E-state index contributed by atoms with van der Waals surface area (Å²) in [6.07, 6.45) is 1.73. The molecule has 1 aromatic carbocycles. The van der Waals surface area contributed by atoms with E-state index in [1.165, 1.54) is 5.56 Å². The molecule has 0 bridgehead atoms. The fourth-order valence-corrected chi connectivity index (χ4v) is 1.55. The van der Waals surface area contributed by atoms with Crippen molar-refractivity contribution in [2.75, 3.05) is 0 Å². The fourth-order valence-electron chi connectivity index (χ4n) is 1.55. The lowest BCUT2D eigenvalue weighted by Crippen LogP contribution is -2.25. The van der Waals surface area contributed by atoms with Crippen LogP contribution in [0.4, 0.5) is 0 Å². The summed E-state index contributed by atoms with van der Waals surface area (Å²) in [6, 6.07) is 6.36. The number of fused-ring (bicyclic) bond motifs is 1. The third-order valence-corrected chi connectivity index (χ3v) is 2.54. The lowest BCUT2D eigenvalue weighted by atomic mass is 9.87. The largest absolute Gasteiger partial charge is 0.404 e. The Hall–Kier alpha value is -1.31. The second kappa shape index (κ2) is 2.84. The van der Waals surface area contributed by atoms with Crippen molar-refractivity contribution in [2.45, 2.75) is 26.2 Å². The van der Waals surface area contributed by atoms with Gasteiger partial charge in [-0.15, -0.1) is 0 Å². The van der Waals surface area contributed by atoms with Crippen molar-refractivity contribution >= 4 is 11.1 Å². The zero-order chi connectivity index (χ0) is 10.3. The quantitative estimate of drug-likeness (QED) is 0.583. The van der Waals surface area contributed by atoms with E-state index in [4.69, 9.17) is 4.42 Å². The molecule has 0 radical (unpaired) electrons. The molecule has 0 atom stereocenters. The predicted molar refractivity (Wildman–Crippen MR) is 56.1 cm³/mol. The second-order valence-corrected chi connectivity index (χ2v) is 4.77. The predicted octanol–water partition coefficient (Wildman–Crippen LogP) is 2.55. The summed E-state index contributed by atoms with van der Waals surface area (Å²) in [5.74, 6) is 0. The van der Waals surface area contributed by atoms with Gasteiger partial charge in [0.05, 0.1) is 0 Å². The molecule has 2 aromatic rings. The van der Waals surface area contributed by atoms with Crippen LogP contribution < -0.4 is 4.57 Å². The Morgan fingerprint density at radius 3 is 2.57 bits per heavy atom. The second-order valence-electron chi connectivity index (χ2n) is 4.77. The van der Waals surface area contributed by atoms with Gasteiger partial charge in [-0.3, -0.25) is 0 Å². The van der Waals surface area contributed by atoms with Crippen molar-refractivity contribution in [2.24, 2.45) is 7.05 Å². The number of rotatable bonds is 0. The molecule has 0 fully saturated rings. The first-order valence-corrected chi connectivity index (χ1v) is 4.86. The molecule has 0 unspecified atom stereocenters. The summed E-state index contributed by atoms with van der Waals surface area (Å²) in [6.45, 7) is 6.65. The van der Waals surface area contributed by atoms with E-state index in [0.29, 0.717) is 0 Å². The standard InChI is InChI=1S/C12H16NO/c1-12(2,3)9-5-6-11-10(7-9)13(4)8-14-11/h5-8H,1-4H3/q+1. The molecule has 14 heavy (non-hydrogen) atoms. The minimum absolute atomic E-state index is 0.193. The van der Waals surface area contributed by atoms with Crippen molar-refractivity contribution in [3.05, 3.63) is 30.2 Å². The molecule has 1 aromatic heterocycles. The maximum absolute atomic E-state index is 5.38. The van der Waals surface area contributed by atoms with E-state index in [2.05, 4.69) is 32.9 Å². The Balaban J connectivity index is 2.66. The molecule has 74 valence electrons. The van der Waals surface area contributed by atoms with Gasteiger partial charge >= 0.3 is 6.39 Å². The van der Waals surface area contributed by atoms with E-state index < -0.39 is 0 Å². The minimum Gasteiger partial charge on any atom is -0.404 e. The van der Waals surface area contributed by atoms with Gasteiger partial charge in [-0.25, -0.2) is 0 Å². The van der Waals surface area contributed by atoms with Crippen LogP contribution >= 0.6 is 0 Å². The Labute approximate surface area is 84.2 Å². The van der Waals surface area contributed by atoms with Gasteiger partial charge in [0, 0.05) is 6.07 Å². The van der Waals surface area contributed by atoms with E-state index in [1.807, 2.05) is 17.7 Å². The van der Waals surface area contributed by atoms with Gasteiger partial charge in [-0.2, -0.15) is 4.57 Å². The summed E-state index contributed by atoms with van der Waals surface area (Å²) in [5, 5.41) is 0. The van der Waals surface area contributed by atoms with Gasteiger partial charge in [-0.05, 0) is 17.0 Å². The highest BCUT2D eigenvalue weighted by Crippen LogP contribution is 2.24. The molecular formula is C12H16NO+. The van der Waals surface area contributed by atoms with E-state index in [9.17, 15) is 0 Å². The summed E-state index contributed by atoms with van der Waals surface area (Å²) >= 11 is 0. The normalized spacial score (nSPS) is 12.3. The fraction of sp³-hybridized carbons (Fsp3) is 0.417. The zero-order valence-corrected chi connectivity index (χ0v) is 9.16. The molecule has 2 rings (SSSR count). The molecule has 0 aliphatic carbocycles. The van der Waals surface area contributed by atoms with Crippen LogP contribution in [-0.2, 0) is 12.5 Å². The molecule has 0 N–H and O–H groups in total. The highest BCUT2D eigenvalue weighted by atomic mass is 16.3. The van der Waals surface area contributed by atoms with Crippen LogP contribution in [0.3, 0.4) is 0 Å². The molecule has 2 heteroatoms. The average molecular weight is 190 g/mol. The number of aromatic nitrogens is 1. The number of nitrogens with zero attached hydrogens (tertiary/aromatic N) is 1. The Morgan fingerprint density at radius 1 is 1.21 bits per heavy atom. The van der Waals surface area contributed by atoms with Crippen molar-refractivity contribution in [1.82, 2.24) is 0 Å². The van der Waals surface area contributed by atoms with E-state index in [0.717, 1.165) is 11.1 Å². The highest BCUT2D eigenvalue weighted by molar-refractivity contribution is 5.69. The number of aryl methyl sites for hydroxylation is 1. The van der Waals surface area contributed by atoms with E-state index >= 15 is 0 Å². The summed E-state index contributed by atoms with van der Waals surface area (Å²) < 4.78 is 7.38. The van der Waals surface area contributed by atoms with Crippen molar-refractivity contribution in [3.63, 3.8) is 0 Å². The number of hydrogen-bond acceptors (Lipinski definition) is 1. The average Bonchev–Trinajstić information content (AvgIpc) is 2.46.